The molecule has 0 aromatic heterocycles. The SMILES string of the molecule is NS(=O)(=O)N1CC2C(C1)C2(F)F. The minimum absolute atomic E-state index is 0.128. The van der Waals surface area contributed by atoms with Crippen LogP contribution in [-0.2, 0) is 10.2 Å². The van der Waals surface area contributed by atoms with Gasteiger partial charge in [0.15, 0.2) is 0 Å². The minimum atomic E-state index is -3.76. The molecule has 2 unspecified atom stereocenters. The molecule has 2 rings (SSSR count). The van der Waals surface area contributed by atoms with E-state index in [0.717, 1.165) is 4.31 Å². The summed E-state index contributed by atoms with van der Waals surface area (Å²) in [5.74, 6) is -4.24. The zero-order chi connectivity index (χ0) is 9.15. The lowest BCUT2D eigenvalue weighted by molar-refractivity contribution is 0.0662. The van der Waals surface area contributed by atoms with Crippen molar-refractivity contribution in [2.24, 2.45) is 17.0 Å². The molecular formula is C5H8F2N2O2S. The predicted molar refractivity (Wildman–Crippen MR) is 36.6 cm³/mol. The molecule has 7 heteroatoms. The number of halogens is 2. The molecule has 0 aromatic carbocycles. The van der Waals surface area contributed by atoms with Crippen molar-refractivity contribution in [2.45, 2.75) is 5.92 Å². The zero-order valence-electron chi connectivity index (χ0n) is 6.07. The Hall–Kier alpha value is -0.270. The molecule has 1 aliphatic carbocycles. The molecule has 2 fully saturated rings. The third kappa shape index (κ3) is 0.964. The van der Waals surface area contributed by atoms with Gasteiger partial charge in [0.05, 0.1) is 0 Å². The van der Waals surface area contributed by atoms with Crippen LogP contribution in [-0.4, -0.2) is 31.7 Å². The van der Waals surface area contributed by atoms with Crippen LogP contribution in [0.1, 0.15) is 0 Å². The Kier molecular flexibility index (Phi) is 1.37. The van der Waals surface area contributed by atoms with Crippen LogP contribution in [0.25, 0.3) is 0 Å². The number of nitrogens with zero attached hydrogens (tertiary/aromatic N) is 1. The van der Waals surface area contributed by atoms with Crippen molar-refractivity contribution < 1.29 is 17.2 Å². The summed E-state index contributed by atoms with van der Waals surface area (Å²) in [6.45, 7) is -0.257. The average Bonchev–Trinajstić information content (AvgIpc) is 2.31. The van der Waals surface area contributed by atoms with Crippen LogP contribution >= 0.6 is 0 Å². The van der Waals surface area contributed by atoms with E-state index in [9.17, 15) is 17.2 Å². The van der Waals surface area contributed by atoms with Gasteiger partial charge in [0.25, 0.3) is 16.1 Å². The van der Waals surface area contributed by atoms with Crippen LogP contribution in [0, 0.1) is 11.8 Å². The van der Waals surface area contributed by atoms with Crippen molar-refractivity contribution in [3.8, 4) is 0 Å². The summed E-state index contributed by atoms with van der Waals surface area (Å²) in [4.78, 5) is 0. The van der Waals surface area contributed by atoms with E-state index in [1.54, 1.807) is 0 Å². The quantitative estimate of drug-likeness (QED) is 0.610. The molecule has 2 aliphatic rings. The van der Waals surface area contributed by atoms with E-state index in [2.05, 4.69) is 0 Å². The number of hydrogen-bond acceptors (Lipinski definition) is 2. The molecule has 0 aromatic rings. The standard InChI is InChI=1S/C5H8F2N2O2S/c6-5(7)3-1-9(2-4(3)5)12(8,10)11/h3-4H,1-2H2,(H2,8,10,11). The normalized spacial score (nSPS) is 39.6. The molecule has 2 N–H and O–H groups in total. The highest BCUT2D eigenvalue weighted by molar-refractivity contribution is 7.86. The number of nitrogens with two attached hydrogens (primary N) is 1. The molecule has 1 heterocycles. The minimum Gasteiger partial charge on any atom is -0.216 e. The lowest BCUT2D eigenvalue weighted by Crippen LogP contribution is -2.38. The van der Waals surface area contributed by atoms with Gasteiger partial charge in [-0.15, -0.1) is 0 Å². The van der Waals surface area contributed by atoms with E-state index in [1.807, 2.05) is 0 Å². The van der Waals surface area contributed by atoms with Crippen molar-refractivity contribution in [1.29, 1.82) is 0 Å². The molecular weight excluding hydrogens is 190 g/mol. The molecule has 0 spiro atoms. The number of alkyl halides is 2. The summed E-state index contributed by atoms with van der Waals surface area (Å²) in [6, 6.07) is 0. The Balaban J connectivity index is 2.08. The number of hydrogen-bond donors (Lipinski definition) is 1. The molecule has 1 saturated heterocycles. The zero-order valence-corrected chi connectivity index (χ0v) is 6.89. The summed E-state index contributed by atoms with van der Waals surface area (Å²) < 4.78 is 47.3. The fourth-order valence-corrected chi connectivity index (χ4v) is 2.42. The molecule has 4 nitrogen and oxygen atoms in total. The highest BCUT2D eigenvalue weighted by Gasteiger charge is 2.72. The largest absolute Gasteiger partial charge is 0.276 e. The smallest absolute Gasteiger partial charge is 0.216 e. The first-order chi connectivity index (χ1) is 5.33. The van der Waals surface area contributed by atoms with Crippen LogP contribution in [0.15, 0.2) is 0 Å². The summed E-state index contributed by atoms with van der Waals surface area (Å²) in [5.41, 5.74) is 0. The monoisotopic (exact) mass is 198 g/mol. The Morgan fingerprint density at radius 1 is 1.33 bits per heavy atom. The first kappa shape index (κ1) is 8.33. The van der Waals surface area contributed by atoms with Gasteiger partial charge in [-0.05, 0) is 0 Å². The summed E-state index contributed by atoms with van der Waals surface area (Å²) in [5, 5.41) is 4.77. The lowest BCUT2D eigenvalue weighted by Gasteiger charge is -2.15. The Bertz CT molecular complexity index is 301. The first-order valence-corrected chi connectivity index (χ1v) is 4.99. The van der Waals surface area contributed by atoms with Crippen LogP contribution < -0.4 is 5.14 Å². The molecule has 12 heavy (non-hydrogen) atoms. The number of fused-ring (bicyclic) bond motifs is 1. The fourth-order valence-electron chi connectivity index (χ4n) is 1.68. The molecule has 0 radical (unpaired) electrons. The van der Waals surface area contributed by atoms with Crippen molar-refractivity contribution in [3.63, 3.8) is 0 Å². The van der Waals surface area contributed by atoms with Crippen molar-refractivity contribution in [3.05, 3.63) is 0 Å². The first-order valence-electron chi connectivity index (χ1n) is 3.49. The van der Waals surface area contributed by atoms with Crippen LogP contribution in [0.5, 0.6) is 0 Å². The van der Waals surface area contributed by atoms with Gasteiger partial charge in [0.2, 0.25) is 0 Å². The van der Waals surface area contributed by atoms with E-state index >= 15 is 0 Å². The molecule has 2 atom stereocenters. The van der Waals surface area contributed by atoms with Gasteiger partial charge < -0.3 is 0 Å². The third-order valence-corrected chi connectivity index (χ3v) is 3.54. The molecule has 1 aliphatic heterocycles. The Morgan fingerprint density at radius 2 is 1.75 bits per heavy atom. The Morgan fingerprint density at radius 3 is 2.08 bits per heavy atom. The van der Waals surface area contributed by atoms with Crippen LogP contribution in [0.4, 0.5) is 8.78 Å². The van der Waals surface area contributed by atoms with Gasteiger partial charge in [-0.3, -0.25) is 0 Å². The fraction of sp³-hybridized carbons (Fsp3) is 1.00. The van der Waals surface area contributed by atoms with Crippen LogP contribution in [0.3, 0.4) is 0 Å². The van der Waals surface area contributed by atoms with Gasteiger partial charge in [-0.1, -0.05) is 0 Å². The lowest BCUT2D eigenvalue weighted by atomic mass is 10.4. The highest BCUT2D eigenvalue weighted by atomic mass is 32.2. The summed E-state index contributed by atoms with van der Waals surface area (Å²) in [7, 11) is -3.76. The van der Waals surface area contributed by atoms with E-state index in [0.29, 0.717) is 0 Å². The topological polar surface area (TPSA) is 63.4 Å². The predicted octanol–water partition coefficient (Wildman–Crippen LogP) is -0.613. The van der Waals surface area contributed by atoms with E-state index in [-0.39, 0.29) is 13.1 Å². The maximum absolute atomic E-state index is 12.5. The average molecular weight is 198 g/mol. The maximum Gasteiger partial charge on any atom is 0.276 e. The highest BCUT2D eigenvalue weighted by Crippen LogP contribution is 2.59. The van der Waals surface area contributed by atoms with Gasteiger partial charge in [0.1, 0.15) is 0 Å². The van der Waals surface area contributed by atoms with Crippen molar-refractivity contribution in [2.75, 3.05) is 13.1 Å². The Labute approximate surface area is 68.5 Å². The van der Waals surface area contributed by atoms with Gasteiger partial charge >= 0.3 is 0 Å². The third-order valence-electron chi connectivity index (χ3n) is 2.53. The second-order valence-electron chi connectivity index (χ2n) is 3.25. The van der Waals surface area contributed by atoms with Gasteiger partial charge in [0, 0.05) is 24.9 Å². The number of piperidine rings is 1. The van der Waals surface area contributed by atoms with E-state index < -0.39 is 28.0 Å². The molecule has 0 bridgehead atoms. The van der Waals surface area contributed by atoms with Crippen molar-refractivity contribution >= 4 is 10.2 Å². The second-order valence-corrected chi connectivity index (χ2v) is 4.80. The second kappa shape index (κ2) is 1.97. The molecule has 1 saturated carbocycles. The summed E-state index contributed by atoms with van der Waals surface area (Å²) in [6.07, 6.45) is 0. The summed E-state index contributed by atoms with van der Waals surface area (Å²) >= 11 is 0. The maximum atomic E-state index is 12.5. The van der Waals surface area contributed by atoms with Crippen molar-refractivity contribution in [1.82, 2.24) is 4.31 Å². The van der Waals surface area contributed by atoms with Gasteiger partial charge in [-0.25, -0.2) is 13.9 Å². The van der Waals surface area contributed by atoms with Crippen LogP contribution in [0.2, 0.25) is 0 Å². The van der Waals surface area contributed by atoms with Gasteiger partial charge in [-0.2, -0.15) is 12.7 Å². The molecule has 70 valence electrons. The molecule has 0 amide bonds. The van der Waals surface area contributed by atoms with E-state index in [1.165, 1.54) is 0 Å². The van der Waals surface area contributed by atoms with E-state index in [4.69, 9.17) is 5.14 Å². The number of rotatable bonds is 1.